The molecule has 0 bridgehead atoms. The Balaban J connectivity index is 2.19. The van der Waals surface area contributed by atoms with Crippen molar-refractivity contribution < 1.29 is 27.2 Å². The molecule has 1 fully saturated rings. The maximum atomic E-state index is 14.0. The minimum atomic E-state index is -4.55. The summed E-state index contributed by atoms with van der Waals surface area (Å²) in [6.07, 6.45) is -4.04. The maximum Gasteiger partial charge on any atom is 0.405 e. The van der Waals surface area contributed by atoms with Crippen molar-refractivity contribution in [1.82, 2.24) is 10.2 Å². The van der Waals surface area contributed by atoms with Crippen LogP contribution in [-0.4, -0.2) is 49.1 Å². The van der Waals surface area contributed by atoms with Gasteiger partial charge in [-0.3, -0.25) is 9.59 Å². The number of carbonyl (C=O) groups excluding carboxylic acids is 2. The number of anilines is 1. The first-order chi connectivity index (χ1) is 11.1. The molecular formula is C15H17F4N3O2. The van der Waals surface area contributed by atoms with E-state index >= 15 is 0 Å². The van der Waals surface area contributed by atoms with Crippen LogP contribution in [0.3, 0.4) is 0 Å². The number of rotatable bonds is 4. The first-order valence-electron chi connectivity index (χ1n) is 7.25. The van der Waals surface area contributed by atoms with Crippen LogP contribution in [0.15, 0.2) is 12.1 Å². The Hall–Kier alpha value is -2.32. The highest BCUT2D eigenvalue weighted by Gasteiger charge is 2.30. The van der Waals surface area contributed by atoms with Crippen molar-refractivity contribution in [3.63, 3.8) is 0 Å². The Kier molecular flexibility index (Phi) is 5.00. The van der Waals surface area contributed by atoms with Gasteiger partial charge in [-0.2, -0.15) is 13.2 Å². The second-order valence-corrected chi connectivity index (χ2v) is 5.67. The van der Waals surface area contributed by atoms with E-state index in [0.29, 0.717) is 13.0 Å². The average Bonchev–Trinajstić information content (AvgIpc) is 2.80. The molecule has 24 heavy (non-hydrogen) atoms. The molecule has 1 heterocycles. The van der Waals surface area contributed by atoms with Gasteiger partial charge in [0.2, 0.25) is 5.91 Å². The lowest BCUT2D eigenvalue weighted by molar-refractivity contribution is -0.127. The van der Waals surface area contributed by atoms with Crippen molar-refractivity contribution >= 4 is 17.5 Å². The molecule has 1 saturated heterocycles. The molecule has 2 rings (SSSR count). The lowest BCUT2D eigenvalue weighted by Gasteiger charge is -2.17. The molecule has 0 saturated carbocycles. The summed E-state index contributed by atoms with van der Waals surface area (Å²) in [6.45, 7) is 0.498. The number of nitrogens with one attached hydrogen (secondary N) is 2. The van der Waals surface area contributed by atoms with Crippen molar-refractivity contribution in [2.24, 2.45) is 0 Å². The normalized spacial score (nSPS) is 18.0. The smallest absolute Gasteiger partial charge is 0.373 e. The second-order valence-electron chi connectivity index (χ2n) is 5.67. The molecule has 0 unspecified atom stereocenters. The van der Waals surface area contributed by atoms with E-state index in [1.807, 2.05) is 0 Å². The van der Waals surface area contributed by atoms with Crippen LogP contribution in [0.25, 0.3) is 0 Å². The zero-order chi connectivity index (χ0) is 18.1. The van der Waals surface area contributed by atoms with E-state index in [-0.39, 0.29) is 22.7 Å². The van der Waals surface area contributed by atoms with Crippen molar-refractivity contribution in [3.8, 4) is 0 Å². The van der Waals surface area contributed by atoms with Gasteiger partial charge in [-0.15, -0.1) is 0 Å². The number of likely N-dealkylation sites (N-methyl/N-ethyl adjacent to an activating group) is 1. The van der Waals surface area contributed by atoms with Gasteiger partial charge in [-0.1, -0.05) is 0 Å². The topological polar surface area (TPSA) is 61.4 Å². The van der Waals surface area contributed by atoms with Gasteiger partial charge in [0, 0.05) is 30.4 Å². The van der Waals surface area contributed by atoms with E-state index in [2.05, 4.69) is 5.32 Å². The standard InChI is InChI=1S/C15H17F4N3O2/c1-8-10(16)5-9(13(23)20-7-15(17,18)19)6-12(8)21-11-3-4-22(2)14(11)24/h5-6,11,21H,3-4,7H2,1-2H3,(H,20,23)/t11-/m0/s1. The number of nitrogens with zero attached hydrogens (tertiary/aromatic N) is 1. The zero-order valence-corrected chi connectivity index (χ0v) is 13.1. The Labute approximate surface area is 136 Å². The fourth-order valence-electron chi connectivity index (χ4n) is 2.39. The summed E-state index contributed by atoms with van der Waals surface area (Å²) in [5.41, 5.74) is 0.147. The number of hydrogen-bond acceptors (Lipinski definition) is 3. The average molecular weight is 347 g/mol. The minimum Gasteiger partial charge on any atom is -0.373 e. The maximum absolute atomic E-state index is 14.0. The van der Waals surface area contributed by atoms with Crippen molar-refractivity contribution in [2.75, 3.05) is 25.5 Å². The molecule has 5 nitrogen and oxygen atoms in total. The SMILES string of the molecule is Cc1c(F)cc(C(=O)NCC(F)(F)F)cc1N[C@H]1CCN(C)C1=O. The third-order valence-corrected chi connectivity index (χ3v) is 3.81. The van der Waals surface area contributed by atoms with Gasteiger partial charge in [0.05, 0.1) is 0 Å². The summed E-state index contributed by atoms with van der Waals surface area (Å²) < 4.78 is 50.5. The van der Waals surface area contributed by atoms with Crippen molar-refractivity contribution in [2.45, 2.75) is 25.6 Å². The molecule has 2 amide bonds. The van der Waals surface area contributed by atoms with E-state index in [1.54, 1.807) is 12.4 Å². The van der Waals surface area contributed by atoms with E-state index in [9.17, 15) is 27.2 Å². The number of halogens is 4. The van der Waals surface area contributed by atoms with Gasteiger partial charge >= 0.3 is 6.18 Å². The Morgan fingerprint density at radius 3 is 2.58 bits per heavy atom. The molecular weight excluding hydrogens is 330 g/mol. The number of alkyl halides is 3. The van der Waals surface area contributed by atoms with Crippen LogP contribution in [0.5, 0.6) is 0 Å². The molecule has 9 heteroatoms. The molecule has 132 valence electrons. The molecule has 0 aromatic heterocycles. The Morgan fingerprint density at radius 2 is 2.04 bits per heavy atom. The van der Waals surface area contributed by atoms with Crippen LogP contribution >= 0.6 is 0 Å². The van der Waals surface area contributed by atoms with Crippen LogP contribution in [0.4, 0.5) is 23.2 Å². The van der Waals surface area contributed by atoms with Crippen LogP contribution in [-0.2, 0) is 4.79 Å². The zero-order valence-electron chi connectivity index (χ0n) is 13.1. The van der Waals surface area contributed by atoms with Crippen LogP contribution in [0.2, 0.25) is 0 Å². The highest BCUT2D eigenvalue weighted by atomic mass is 19.4. The van der Waals surface area contributed by atoms with E-state index in [4.69, 9.17) is 0 Å². The monoisotopic (exact) mass is 347 g/mol. The molecule has 0 spiro atoms. The molecule has 0 aliphatic carbocycles. The summed E-state index contributed by atoms with van der Waals surface area (Å²) in [7, 11) is 1.64. The largest absolute Gasteiger partial charge is 0.405 e. The highest BCUT2D eigenvalue weighted by molar-refractivity contribution is 5.96. The van der Waals surface area contributed by atoms with Gasteiger partial charge in [-0.05, 0) is 25.5 Å². The van der Waals surface area contributed by atoms with Gasteiger partial charge in [0.15, 0.2) is 0 Å². The predicted octanol–water partition coefficient (Wildman–Crippen LogP) is 2.07. The summed E-state index contributed by atoms with van der Waals surface area (Å²) in [5.74, 6) is -1.94. The first-order valence-corrected chi connectivity index (χ1v) is 7.25. The first kappa shape index (κ1) is 18.0. The highest BCUT2D eigenvalue weighted by Crippen LogP contribution is 2.24. The van der Waals surface area contributed by atoms with Crippen LogP contribution in [0.1, 0.15) is 22.3 Å². The molecule has 1 aliphatic heterocycles. The third kappa shape index (κ3) is 4.15. The van der Waals surface area contributed by atoms with E-state index in [0.717, 1.165) is 6.07 Å². The molecule has 1 aliphatic rings. The second kappa shape index (κ2) is 6.66. The lowest BCUT2D eigenvalue weighted by atomic mass is 10.1. The molecule has 1 aromatic carbocycles. The van der Waals surface area contributed by atoms with Gasteiger partial charge in [-0.25, -0.2) is 4.39 Å². The van der Waals surface area contributed by atoms with Crippen molar-refractivity contribution in [1.29, 1.82) is 0 Å². The number of likely N-dealkylation sites (tertiary alicyclic amines) is 1. The quantitative estimate of drug-likeness (QED) is 0.820. The molecule has 0 radical (unpaired) electrons. The summed E-state index contributed by atoms with van der Waals surface area (Å²) in [4.78, 5) is 25.2. The number of hydrogen-bond donors (Lipinski definition) is 2. The number of benzene rings is 1. The van der Waals surface area contributed by atoms with Gasteiger partial charge < -0.3 is 15.5 Å². The third-order valence-electron chi connectivity index (χ3n) is 3.81. The summed E-state index contributed by atoms with van der Waals surface area (Å²) in [5, 5.41) is 4.55. The number of amides is 2. The summed E-state index contributed by atoms with van der Waals surface area (Å²) >= 11 is 0. The van der Waals surface area contributed by atoms with Crippen molar-refractivity contribution in [3.05, 3.63) is 29.1 Å². The van der Waals surface area contributed by atoms with Gasteiger partial charge in [0.1, 0.15) is 18.4 Å². The number of carbonyl (C=O) groups is 2. The fraction of sp³-hybridized carbons (Fsp3) is 0.467. The Bertz CT molecular complexity index is 661. The molecule has 2 N–H and O–H groups in total. The van der Waals surface area contributed by atoms with Crippen LogP contribution in [0, 0.1) is 12.7 Å². The minimum absolute atomic E-state index is 0.165. The van der Waals surface area contributed by atoms with Gasteiger partial charge in [0.25, 0.3) is 5.91 Å². The molecule has 1 aromatic rings. The molecule has 1 atom stereocenters. The van der Waals surface area contributed by atoms with E-state index < -0.39 is 30.5 Å². The van der Waals surface area contributed by atoms with E-state index in [1.165, 1.54) is 17.9 Å². The lowest BCUT2D eigenvalue weighted by Crippen LogP contribution is -2.34. The summed E-state index contributed by atoms with van der Waals surface area (Å²) in [6, 6.07) is 1.56. The predicted molar refractivity (Wildman–Crippen MR) is 79.2 cm³/mol. The Morgan fingerprint density at radius 1 is 1.38 bits per heavy atom. The van der Waals surface area contributed by atoms with Crippen LogP contribution < -0.4 is 10.6 Å². The fourth-order valence-corrected chi connectivity index (χ4v) is 2.39.